The van der Waals surface area contributed by atoms with Gasteiger partial charge < -0.3 is 25.7 Å². The van der Waals surface area contributed by atoms with Crippen LogP contribution in [0.1, 0.15) is 32.0 Å². The molecule has 0 bridgehead atoms. The zero-order valence-corrected chi connectivity index (χ0v) is 23.3. The van der Waals surface area contributed by atoms with Crippen LogP contribution in [-0.4, -0.2) is 73.5 Å². The molecule has 2 amide bonds. The molecule has 13 nitrogen and oxygen atoms in total. The van der Waals surface area contributed by atoms with Gasteiger partial charge in [0.15, 0.2) is 10.8 Å². The second-order valence-electron chi connectivity index (χ2n) is 9.61. The number of oxime groups is 1. The van der Waals surface area contributed by atoms with Crippen molar-refractivity contribution >= 4 is 63.8 Å². The maximum Gasteiger partial charge on any atom is 0.358 e. The molecule has 1 saturated heterocycles. The molecule has 2 aromatic rings. The summed E-state index contributed by atoms with van der Waals surface area (Å²) in [5.74, 6) is -2.55. The van der Waals surface area contributed by atoms with Crippen molar-refractivity contribution in [1.82, 2.24) is 20.2 Å². The molecule has 15 heteroatoms. The summed E-state index contributed by atoms with van der Waals surface area (Å²) < 4.78 is 10.3. The lowest BCUT2D eigenvalue weighted by atomic mass is 9.98. The van der Waals surface area contributed by atoms with Crippen LogP contribution in [0.4, 0.5) is 5.13 Å². The highest BCUT2D eigenvalue weighted by Crippen LogP contribution is 2.41. The molecule has 2 aliphatic heterocycles. The first-order valence-electron chi connectivity index (χ1n) is 11.9. The van der Waals surface area contributed by atoms with Crippen LogP contribution < -0.4 is 11.1 Å². The van der Waals surface area contributed by atoms with E-state index < -0.39 is 53.1 Å². The normalized spacial score (nSPS) is 19.2. The number of amides is 2. The van der Waals surface area contributed by atoms with Crippen LogP contribution >= 0.6 is 23.1 Å². The molecule has 210 valence electrons. The summed E-state index contributed by atoms with van der Waals surface area (Å²) >= 11 is 2.37. The number of hydrogen-bond donors (Lipinski definition) is 3. The Kier molecular flexibility index (Phi) is 8.54. The molecule has 4 rings (SSSR count). The minimum atomic E-state index is -1.02. The summed E-state index contributed by atoms with van der Waals surface area (Å²) in [6.07, 6.45) is 6.68. The molecule has 2 atom stereocenters. The summed E-state index contributed by atoms with van der Waals surface area (Å²) in [7, 11) is 0. The van der Waals surface area contributed by atoms with Gasteiger partial charge in [0.2, 0.25) is 6.79 Å². The molecule has 0 unspecified atom stereocenters. The molecule has 4 N–H and O–H groups in total. The SMILES string of the molecule is CC(C)(C)C(=O)OCOC(=O)C1=C(/C=C/c2cccnc2)CS[C@@H]2[C@H](NC(=O)/C(=N\O)c3csc(N)n3)C(=O)N12. The molecule has 40 heavy (non-hydrogen) atoms. The Balaban J connectivity index is 1.54. The molecule has 0 spiro atoms. The number of fused-ring (bicyclic) bond motifs is 1. The van der Waals surface area contributed by atoms with Crippen LogP contribution in [0.3, 0.4) is 0 Å². The van der Waals surface area contributed by atoms with E-state index >= 15 is 0 Å². The quantitative estimate of drug-likeness (QED) is 0.102. The fourth-order valence-corrected chi connectivity index (χ4v) is 5.54. The number of esters is 2. The third-order valence-electron chi connectivity index (χ3n) is 5.71. The summed E-state index contributed by atoms with van der Waals surface area (Å²) in [6.45, 7) is 4.35. The lowest BCUT2D eigenvalue weighted by Crippen LogP contribution is -2.71. The molecular formula is C25H26N6O7S2. The van der Waals surface area contributed by atoms with Gasteiger partial charge in [-0.25, -0.2) is 9.78 Å². The Morgan fingerprint density at radius 3 is 2.70 bits per heavy atom. The Labute approximate surface area is 237 Å². The third kappa shape index (κ3) is 6.15. The Bertz CT molecular complexity index is 1410. The number of ether oxygens (including phenoxy) is 2. The van der Waals surface area contributed by atoms with Gasteiger partial charge in [0, 0.05) is 23.5 Å². The van der Waals surface area contributed by atoms with Crippen LogP contribution in [0.5, 0.6) is 0 Å². The fraction of sp³-hybridized carbons (Fsp3) is 0.320. The first kappa shape index (κ1) is 28.8. The number of thioether (sulfide) groups is 1. The molecule has 0 radical (unpaired) electrons. The summed E-state index contributed by atoms with van der Waals surface area (Å²) in [4.78, 5) is 60.5. The van der Waals surface area contributed by atoms with E-state index in [4.69, 9.17) is 15.2 Å². The van der Waals surface area contributed by atoms with Gasteiger partial charge in [-0.3, -0.25) is 24.3 Å². The first-order chi connectivity index (χ1) is 19.0. The van der Waals surface area contributed by atoms with Gasteiger partial charge in [0.05, 0.1) is 5.41 Å². The maximum atomic E-state index is 13.2. The average molecular weight is 587 g/mol. The number of rotatable bonds is 8. The average Bonchev–Trinajstić information content (AvgIpc) is 3.35. The standard InChI is InChI=1S/C25H26N6O7S2/c1-25(2,3)23(35)38-12-37-22(34)18-14(7-6-13-5-4-8-27-9-13)10-39-21-17(20(33)31(18)21)29-19(32)16(30-36)15-11-40-24(26)28-15/h4-9,11,17,21,36H,10,12H2,1-3H3,(H2,26,28)(H,29,32)/b7-6+,30-16-/t17-,21-/m1/s1. The second kappa shape index (κ2) is 11.9. The third-order valence-corrected chi connectivity index (χ3v) is 7.69. The molecular weight excluding hydrogens is 560 g/mol. The van der Waals surface area contributed by atoms with Gasteiger partial charge in [0.1, 0.15) is 22.8 Å². The topological polar surface area (TPSA) is 186 Å². The van der Waals surface area contributed by atoms with Crippen molar-refractivity contribution in [2.45, 2.75) is 32.2 Å². The highest BCUT2D eigenvalue weighted by Gasteiger charge is 2.54. The number of hydrogen-bond acceptors (Lipinski definition) is 13. The highest BCUT2D eigenvalue weighted by atomic mass is 32.2. The van der Waals surface area contributed by atoms with E-state index in [0.29, 0.717) is 11.3 Å². The zero-order chi connectivity index (χ0) is 29.0. The lowest BCUT2D eigenvalue weighted by Gasteiger charge is -2.49. The Hall–Kier alpha value is -4.24. The number of pyridine rings is 1. The van der Waals surface area contributed by atoms with E-state index in [1.807, 2.05) is 6.07 Å². The van der Waals surface area contributed by atoms with Crippen molar-refractivity contribution in [2.75, 3.05) is 18.3 Å². The number of β-lactam (4-membered cyclic amide) rings is 1. The van der Waals surface area contributed by atoms with Crippen LogP contribution in [0.25, 0.3) is 6.08 Å². The van der Waals surface area contributed by atoms with E-state index in [0.717, 1.165) is 16.9 Å². The van der Waals surface area contributed by atoms with E-state index in [1.165, 1.54) is 22.0 Å². The number of nitrogens with two attached hydrogens (primary N) is 1. The second-order valence-corrected chi connectivity index (χ2v) is 11.6. The summed E-state index contributed by atoms with van der Waals surface area (Å²) in [5.41, 5.74) is 5.68. The van der Waals surface area contributed by atoms with Gasteiger partial charge in [0.25, 0.3) is 11.8 Å². The van der Waals surface area contributed by atoms with E-state index in [-0.39, 0.29) is 16.5 Å². The number of carbonyl (C=O) groups excluding carboxylic acids is 4. The van der Waals surface area contributed by atoms with Crippen LogP contribution in [0.2, 0.25) is 0 Å². The smallest absolute Gasteiger partial charge is 0.358 e. The van der Waals surface area contributed by atoms with Crippen molar-refractivity contribution in [3.8, 4) is 0 Å². The van der Waals surface area contributed by atoms with Crippen molar-refractivity contribution in [3.63, 3.8) is 0 Å². The minimum Gasteiger partial charge on any atom is -0.427 e. The van der Waals surface area contributed by atoms with Gasteiger partial charge in [-0.15, -0.1) is 23.1 Å². The largest absolute Gasteiger partial charge is 0.427 e. The van der Waals surface area contributed by atoms with Crippen LogP contribution in [0.15, 0.2) is 52.4 Å². The molecule has 2 aliphatic rings. The number of nitrogens with zero attached hydrogens (tertiary/aromatic N) is 4. The number of nitrogen functional groups attached to an aromatic ring is 1. The van der Waals surface area contributed by atoms with E-state index in [2.05, 4.69) is 20.4 Å². The fourth-order valence-electron chi connectivity index (χ4n) is 3.67. The van der Waals surface area contributed by atoms with Crippen molar-refractivity contribution in [2.24, 2.45) is 10.6 Å². The number of nitrogens with one attached hydrogen (secondary N) is 1. The lowest BCUT2D eigenvalue weighted by molar-refractivity contribution is -0.173. The van der Waals surface area contributed by atoms with Crippen LogP contribution in [0, 0.1) is 5.41 Å². The molecule has 0 saturated carbocycles. The number of aromatic nitrogens is 2. The number of carbonyl (C=O) groups is 4. The van der Waals surface area contributed by atoms with Gasteiger partial charge >= 0.3 is 11.9 Å². The van der Waals surface area contributed by atoms with Gasteiger partial charge in [-0.05, 0) is 38.0 Å². The van der Waals surface area contributed by atoms with Gasteiger partial charge in [-0.1, -0.05) is 23.4 Å². The zero-order valence-electron chi connectivity index (χ0n) is 21.7. The number of thiazole rings is 1. The summed E-state index contributed by atoms with van der Waals surface area (Å²) in [6, 6.07) is 2.56. The van der Waals surface area contributed by atoms with Gasteiger partial charge in [-0.2, -0.15) is 0 Å². The Morgan fingerprint density at radius 1 is 1.30 bits per heavy atom. The summed E-state index contributed by atoms with van der Waals surface area (Å²) in [5, 5.41) is 15.9. The molecule has 4 heterocycles. The number of anilines is 1. The van der Waals surface area contributed by atoms with Crippen molar-refractivity contribution in [3.05, 3.63) is 58.5 Å². The predicted molar refractivity (Wildman–Crippen MR) is 147 cm³/mol. The molecule has 0 aliphatic carbocycles. The minimum absolute atomic E-state index is 0.0329. The maximum absolute atomic E-state index is 13.2. The Morgan fingerprint density at radius 2 is 2.08 bits per heavy atom. The highest BCUT2D eigenvalue weighted by molar-refractivity contribution is 8.00. The van der Waals surface area contributed by atoms with Crippen LogP contribution in [-0.2, 0) is 28.7 Å². The van der Waals surface area contributed by atoms with Crippen molar-refractivity contribution < 1.29 is 33.9 Å². The van der Waals surface area contributed by atoms with Crippen molar-refractivity contribution in [1.29, 1.82) is 0 Å². The van der Waals surface area contributed by atoms with E-state index in [9.17, 15) is 24.4 Å². The monoisotopic (exact) mass is 586 g/mol. The molecule has 1 fully saturated rings. The number of allylic oxidation sites excluding steroid dienone is 1. The molecule has 0 aromatic carbocycles. The first-order valence-corrected chi connectivity index (χ1v) is 13.8. The molecule has 2 aromatic heterocycles. The predicted octanol–water partition coefficient (Wildman–Crippen LogP) is 1.76. The van der Waals surface area contributed by atoms with E-state index in [1.54, 1.807) is 51.4 Å².